The summed E-state index contributed by atoms with van der Waals surface area (Å²) in [6.07, 6.45) is 2.14. The van der Waals surface area contributed by atoms with Gasteiger partial charge in [-0.3, -0.25) is 0 Å². The molecule has 0 bridgehead atoms. The average molecular weight is 519 g/mol. The van der Waals surface area contributed by atoms with Crippen LogP contribution in [0.1, 0.15) is 36.5 Å². The van der Waals surface area contributed by atoms with Gasteiger partial charge in [0.05, 0.1) is 0 Å². The molecule has 3 nitrogen and oxygen atoms in total. The van der Waals surface area contributed by atoms with Gasteiger partial charge in [0, 0.05) is 23.3 Å². The Morgan fingerprint density at radius 2 is 1.51 bits per heavy atom. The molecule has 4 rings (SSSR count). The maximum Gasteiger partial charge on any atom is 0.422 e. The number of unbranched alkanes of at least 4 members (excludes halogenated alkanes) is 1. The smallest absolute Gasteiger partial charge is 0.422 e. The fraction of sp³-hybridized carbons (Fsp3) is 0.286. The van der Waals surface area contributed by atoms with Crippen molar-refractivity contribution in [3.8, 4) is 17.1 Å². The van der Waals surface area contributed by atoms with Crippen LogP contribution in [0.25, 0.3) is 22.2 Å². The van der Waals surface area contributed by atoms with Crippen molar-refractivity contribution in [2.24, 2.45) is 0 Å². The van der Waals surface area contributed by atoms with E-state index in [1.54, 1.807) is 42.7 Å². The van der Waals surface area contributed by atoms with Gasteiger partial charge in [-0.15, -0.1) is 0 Å². The third-order valence-corrected chi connectivity index (χ3v) is 5.94. The topological polar surface area (TPSA) is 35.0 Å². The second-order valence-electron chi connectivity index (χ2n) is 8.79. The van der Waals surface area contributed by atoms with Gasteiger partial charge in [0.15, 0.2) is 29.8 Å². The summed E-state index contributed by atoms with van der Waals surface area (Å²) in [5, 5.41) is 1.04. The third-order valence-electron chi connectivity index (χ3n) is 5.94. The molecule has 0 aliphatic carbocycles. The van der Waals surface area contributed by atoms with Gasteiger partial charge in [0.25, 0.3) is 0 Å². The highest BCUT2D eigenvalue weighted by Gasteiger charge is 2.30. The lowest BCUT2D eigenvalue weighted by Gasteiger charge is -2.12. The maximum atomic E-state index is 15.2. The van der Waals surface area contributed by atoms with Crippen LogP contribution < -0.4 is 4.74 Å². The Balaban J connectivity index is 1.48. The summed E-state index contributed by atoms with van der Waals surface area (Å²) in [5.41, 5.74) is 2.32. The summed E-state index contributed by atoms with van der Waals surface area (Å²) in [6, 6.07) is 10.3. The fourth-order valence-corrected chi connectivity index (χ4v) is 4.01. The van der Waals surface area contributed by atoms with Crippen molar-refractivity contribution in [1.29, 1.82) is 0 Å². The van der Waals surface area contributed by atoms with Gasteiger partial charge >= 0.3 is 6.18 Å². The second-order valence-corrected chi connectivity index (χ2v) is 8.79. The molecule has 0 N–H and O–H groups in total. The summed E-state index contributed by atoms with van der Waals surface area (Å²) in [5.74, 6) is -3.49. The van der Waals surface area contributed by atoms with Gasteiger partial charge in [-0.25, -0.2) is 23.1 Å². The highest BCUT2D eigenvalue weighted by Crippen LogP contribution is 2.29. The molecular weight excluding hydrogens is 494 g/mol. The van der Waals surface area contributed by atoms with E-state index < -0.39 is 36.0 Å². The Morgan fingerprint density at radius 3 is 2.16 bits per heavy atom. The van der Waals surface area contributed by atoms with E-state index in [4.69, 9.17) is 0 Å². The molecule has 1 heterocycles. The first kappa shape index (κ1) is 26.4. The first-order valence-corrected chi connectivity index (χ1v) is 11.8. The molecule has 0 saturated heterocycles. The van der Waals surface area contributed by atoms with Gasteiger partial charge in [-0.2, -0.15) is 13.2 Å². The maximum absolute atomic E-state index is 15.2. The van der Waals surface area contributed by atoms with Crippen LogP contribution >= 0.6 is 0 Å². The molecule has 37 heavy (non-hydrogen) atoms. The van der Waals surface area contributed by atoms with Crippen molar-refractivity contribution in [2.75, 3.05) is 6.61 Å². The first-order chi connectivity index (χ1) is 17.6. The molecule has 0 atom stereocenters. The Kier molecular flexibility index (Phi) is 8.00. The van der Waals surface area contributed by atoms with Crippen molar-refractivity contribution in [1.82, 2.24) is 9.97 Å². The van der Waals surface area contributed by atoms with E-state index in [0.29, 0.717) is 22.2 Å². The summed E-state index contributed by atoms with van der Waals surface area (Å²) >= 11 is 0. The molecule has 9 heteroatoms. The Bertz CT molecular complexity index is 1360. The number of hydrogen-bond donors (Lipinski definition) is 0. The molecule has 1 aromatic heterocycles. The highest BCUT2D eigenvalue weighted by atomic mass is 19.4. The van der Waals surface area contributed by atoms with Crippen LogP contribution in [0.4, 0.5) is 26.3 Å². The van der Waals surface area contributed by atoms with Crippen LogP contribution in [0, 0.1) is 17.5 Å². The normalized spacial score (nSPS) is 11.8. The predicted molar refractivity (Wildman–Crippen MR) is 129 cm³/mol. The highest BCUT2D eigenvalue weighted by molar-refractivity contribution is 5.87. The van der Waals surface area contributed by atoms with Crippen LogP contribution in [-0.2, 0) is 19.3 Å². The minimum absolute atomic E-state index is 0.0755. The van der Waals surface area contributed by atoms with Crippen molar-refractivity contribution in [2.45, 2.75) is 45.2 Å². The van der Waals surface area contributed by atoms with Gasteiger partial charge in [0.1, 0.15) is 5.82 Å². The monoisotopic (exact) mass is 518 g/mol. The Morgan fingerprint density at radius 1 is 0.811 bits per heavy atom. The number of halogens is 6. The van der Waals surface area contributed by atoms with Crippen molar-refractivity contribution in [3.63, 3.8) is 0 Å². The molecule has 4 aromatic rings. The molecule has 0 amide bonds. The lowest BCUT2D eigenvalue weighted by molar-refractivity contribution is -0.154. The molecule has 0 saturated carbocycles. The number of nitrogens with zero attached hydrogens (tertiary/aromatic N) is 2. The van der Waals surface area contributed by atoms with Crippen molar-refractivity contribution >= 4 is 10.8 Å². The molecule has 3 aromatic carbocycles. The number of aryl methyl sites for hydroxylation is 3. The molecule has 0 aliphatic heterocycles. The summed E-state index contributed by atoms with van der Waals surface area (Å²) in [4.78, 5) is 8.85. The summed E-state index contributed by atoms with van der Waals surface area (Å²) in [7, 11) is 0. The van der Waals surface area contributed by atoms with Crippen LogP contribution in [0.3, 0.4) is 0 Å². The quantitative estimate of drug-likeness (QED) is 0.212. The van der Waals surface area contributed by atoms with Crippen molar-refractivity contribution in [3.05, 3.63) is 89.0 Å². The van der Waals surface area contributed by atoms with E-state index in [1.807, 2.05) is 0 Å². The lowest BCUT2D eigenvalue weighted by atomic mass is 9.98. The van der Waals surface area contributed by atoms with E-state index in [-0.39, 0.29) is 18.4 Å². The minimum Gasteiger partial charge on any atom is -0.478 e. The van der Waals surface area contributed by atoms with Crippen molar-refractivity contribution < 1.29 is 31.1 Å². The summed E-state index contributed by atoms with van der Waals surface area (Å²) in [6.45, 7) is 0.313. The average Bonchev–Trinajstić information content (AvgIpc) is 2.86. The molecular formula is C28H24F6N2O. The van der Waals surface area contributed by atoms with E-state index in [9.17, 15) is 22.0 Å². The SMILES string of the molecule is CCCCc1cnc(-c2ccc3c(F)c(CCc4cc(F)c(OCC(F)(F)F)c(F)c4)ccc3c2)nc1. The number of ether oxygens (including phenoxy) is 1. The zero-order chi connectivity index (χ0) is 26.6. The van der Waals surface area contributed by atoms with Gasteiger partial charge in [-0.05, 0) is 66.0 Å². The first-order valence-electron chi connectivity index (χ1n) is 11.8. The number of hydrogen-bond acceptors (Lipinski definition) is 3. The van der Waals surface area contributed by atoms with E-state index >= 15 is 4.39 Å². The van der Waals surface area contributed by atoms with Gasteiger partial charge in [-0.1, -0.05) is 37.6 Å². The van der Waals surface area contributed by atoms with E-state index in [1.165, 1.54) is 0 Å². The minimum atomic E-state index is -4.72. The Labute approximate surface area is 210 Å². The number of rotatable bonds is 9. The molecule has 0 aliphatic rings. The molecule has 0 spiro atoms. The van der Waals surface area contributed by atoms with Gasteiger partial charge < -0.3 is 4.74 Å². The zero-order valence-electron chi connectivity index (χ0n) is 20.0. The lowest BCUT2D eigenvalue weighted by Crippen LogP contribution is -2.20. The molecule has 194 valence electrons. The van der Waals surface area contributed by atoms with Crippen LogP contribution in [-0.4, -0.2) is 22.8 Å². The number of fused-ring (bicyclic) bond motifs is 1. The number of alkyl halides is 3. The summed E-state index contributed by atoms with van der Waals surface area (Å²) < 4.78 is 84.6. The zero-order valence-corrected chi connectivity index (χ0v) is 20.0. The van der Waals surface area contributed by atoms with Crippen LogP contribution in [0.5, 0.6) is 5.75 Å². The molecule has 0 fully saturated rings. The number of benzene rings is 3. The van der Waals surface area contributed by atoms with Gasteiger partial charge in [0.2, 0.25) is 0 Å². The predicted octanol–water partition coefficient (Wildman–Crippen LogP) is 7.78. The standard InChI is InChI=1S/C28H24F6N2O/c1-2-3-4-18-14-35-27(36-15-18)21-9-10-22-20(13-21)8-7-19(25(22)31)6-5-17-11-23(29)26(24(30)12-17)37-16-28(32,33)34/h7-15H,2-6,16H2,1H3. The van der Waals surface area contributed by atoms with E-state index in [2.05, 4.69) is 21.6 Å². The largest absolute Gasteiger partial charge is 0.478 e. The molecule has 0 unspecified atom stereocenters. The third kappa shape index (κ3) is 6.58. The Hall–Kier alpha value is -3.62. The fourth-order valence-electron chi connectivity index (χ4n) is 4.01. The van der Waals surface area contributed by atoms with E-state index in [0.717, 1.165) is 42.5 Å². The molecule has 0 radical (unpaired) electrons. The van der Waals surface area contributed by atoms with Crippen LogP contribution in [0.15, 0.2) is 54.9 Å². The van der Waals surface area contributed by atoms with Crippen LogP contribution in [0.2, 0.25) is 0 Å². The number of aromatic nitrogens is 2. The second kappa shape index (κ2) is 11.2.